The van der Waals surface area contributed by atoms with Crippen LogP contribution in [0.4, 0.5) is 17.6 Å². The zero-order valence-electron chi connectivity index (χ0n) is 16.5. The van der Waals surface area contributed by atoms with Crippen LogP contribution in [0.3, 0.4) is 0 Å². The molecule has 0 saturated heterocycles. The Kier molecular flexibility index (Phi) is 17.4. The molecular weight excluding hydrogens is 729 g/mol. The Labute approximate surface area is 228 Å². The topological polar surface area (TPSA) is 104 Å². The molecule has 0 atom stereocenters. The summed E-state index contributed by atoms with van der Waals surface area (Å²) in [6.07, 6.45) is 4.89. The van der Waals surface area contributed by atoms with Crippen LogP contribution in [-0.2, 0) is 42.1 Å². The van der Waals surface area contributed by atoms with E-state index in [1.807, 2.05) is 15.9 Å². The van der Waals surface area contributed by atoms with Crippen LogP contribution in [0.25, 0.3) is 0 Å². The van der Waals surface area contributed by atoms with Crippen LogP contribution >= 0.6 is 61.7 Å². The maximum absolute atomic E-state index is 13.3. The fraction of sp³-hybridized carbons (Fsp3) is 0.375. The summed E-state index contributed by atoms with van der Waals surface area (Å²) < 4.78 is 59.2. The normalized spacial score (nSPS) is 10.4. The van der Waals surface area contributed by atoms with Gasteiger partial charge in [0.25, 0.3) is 0 Å². The zero-order valence-corrected chi connectivity index (χ0v) is 22.7. The number of esters is 2. The molecule has 0 aliphatic carbocycles. The molecule has 0 aromatic carbocycles. The number of halogens is 8. The predicted octanol–water partition coefficient (Wildman–Crippen LogP) is 5.05. The number of aromatic nitrogens is 4. The smallest absolute Gasteiger partial charge is 0.395 e. The molecule has 2 aromatic heterocycles. The van der Waals surface area contributed by atoms with E-state index in [1.165, 1.54) is 13.8 Å². The Morgan fingerprint density at radius 2 is 1.27 bits per heavy atom. The van der Waals surface area contributed by atoms with Gasteiger partial charge in [-0.05, 0) is 59.6 Å². The van der Waals surface area contributed by atoms with Crippen molar-refractivity contribution in [1.29, 1.82) is 0 Å². The van der Waals surface area contributed by atoms with Crippen molar-refractivity contribution in [3.8, 4) is 0 Å². The van der Waals surface area contributed by atoms with Crippen LogP contribution < -0.4 is 0 Å². The molecule has 1 radical (unpaired) electrons. The number of nitrogens with zero attached hydrogens (tertiary/aromatic N) is 4. The molecule has 2 heterocycles. The van der Waals surface area contributed by atoms with Crippen molar-refractivity contribution in [3.05, 3.63) is 44.5 Å². The molecule has 0 saturated carbocycles. The molecule has 0 amide bonds. The van der Waals surface area contributed by atoms with Gasteiger partial charge in [-0.3, -0.25) is 0 Å². The molecule has 8 nitrogen and oxygen atoms in total. The Bertz CT molecular complexity index is 848. The summed E-state index contributed by atoms with van der Waals surface area (Å²) in [6, 6.07) is 0. The number of hydrogen-bond acceptors (Lipinski definition) is 8. The first-order valence-electron chi connectivity index (χ1n) is 8.15. The summed E-state index contributed by atoms with van der Waals surface area (Å²) in [5.74, 6) is -6.93. The molecule has 2 rings (SSSR count). The van der Waals surface area contributed by atoms with Gasteiger partial charge >= 0.3 is 22.7 Å². The second-order valence-corrected chi connectivity index (χ2v) is 7.84. The summed E-state index contributed by atoms with van der Waals surface area (Å²) in [5, 5.41) is 0.129. The third-order valence-electron chi connectivity index (χ3n) is 2.61. The number of carbonyl (C=O) groups is 2. The minimum Gasteiger partial charge on any atom is -0.461 e. The largest absolute Gasteiger partial charge is 0.461 e. The van der Waals surface area contributed by atoms with Crippen LogP contribution in [0.15, 0.2) is 24.8 Å². The van der Waals surface area contributed by atoms with Crippen molar-refractivity contribution in [1.82, 2.24) is 19.9 Å². The predicted molar refractivity (Wildman–Crippen MR) is 118 cm³/mol. The summed E-state index contributed by atoms with van der Waals surface area (Å²) >= 11 is 14.7. The molecule has 2 aromatic rings. The van der Waals surface area contributed by atoms with Gasteiger partial charge in [-0.1, -0.05) is 0 Å². The van der Waals surface area contributed by atoms with Crippen LogP contribution in [0.2, 0.25) is 10.6 Å². The number of alkyl halides is 5. The van der Waals surface area contributed by atoms with E-state index in [1.54, 1.807) is 12.4 Å². The van der Waals surface area contributed by atoms with E-state index in [2.05, 4.69) is 52.0 Å². The monoisotopic (exact) mass is 741 g/mol. The number of hydrogen-bond donors (Lipinski definition) is 0. The maximum Gasteiger partial charge on any atom is 0.395 e. The summed E-state index contributed by atoms with van der Waals surface area (Å²) in [5.41, 5.74) is -0.648. The minimum atomic E-state index is -3.75. The Morgan fingerprint density at radius 3 is 1.58 bits per heavy atom. The quantitative estimate of drug-likeness (QED) is 0.105. The van der Waals surface area contributed by atoms with E-state index >= 15 is 0 Å². The van der Waals surface area contributed by atoms with E-state index in [4.69, 9.17) is 23.2 Å². The first kappa shape index (κ1) is 34.3. The summed E-state index contributed by atoms with van der Waals surface area (Å²) in [6.45, 7) is 2.73. The molecule has 0 spiro atoms. The van der Waals surface area contributed by atoms with E-state index < -0.39 is 28.3 Å². The van der Waals surface area contributed by atoms with Gasteiger partial charge < -0.3 is 9.47 Å². The van der Waals surface area contributed by atoms with Crippen molar-refractivity contribution < 1.29 is 53.7 Å². The maximum atomic E-state index is 13.3. The van der Waals surface area contributed by atoms with Crippen LogP contribution in [0, 0.1) is 3.57 Å². The molecule has 0 bridgehead atoms. The fourth-order valence-electron chi connectivity index (χ4n) is 1.32. The fourth-order valence-corrected chi connectivity index (χ4v) is 1.91. The average molecular weight is 744 g/mol. The average Bonchev–Trinajstić information content (AvgIpc) is 2.71. The molecule has 0 unspecified atom stereocenters. The van der Waals surface area contributed by atoms with E-state index in [9.17, 15) is 27.2 Å². The van der Waals surface area contributed by atoms with Gasteiger partial charge in [0, 0.05) is 61.4 Å². The third kappa shape index (κ3) is 14.2. The zero-order chi connectivity index (χ0) is 24.9. The van der Waals surface area contributed by atoms with E-state index in [0.717, 1.165) is 16.0 Å². The molecule has 189 valence electrons. The molecule has 0 aliphatic heterocycles. The van der Waals surface area contributed by atoms with Gasteiger partial charge in [0.05, 0.1) is 18.8 Å². The number of ether oxygens (including phenoxy) is 2. The van der Waals surface area contributed by atoms with Crippen LogP contribution in [-0.4, -0.2) is 49.9 Å². The first-order valence-corrected chi connectivity index (χ1v) is 10.8. The third-order valence-corrected chi connectivity index (χ3v) is 3.88. The van der Waals surface area contributed by atoms with Gasteiger partial charge in [-0.2, -0.15) is 17.6 Å². The van der Waals surface area contributed by atoms with E-state index in [-0.39, 0.29) is 35.6 Å². The Morgan fingerprint density at radius 1 is 0.909 bits per heavy atom. The Hall–Kier alpha value is -0.871. The Balaban J connectivity index is 0. The van der Waals surface area contributed by atoms with Crippen molar-refractivity contribution in [2.24, 2.45) is 0 Å². The minimum absolute atomic E-state index is 0. The summed E-state index contributed by atoms with van der Waals surface area (Å²) in [4.78, 5) is 31.6. The van der Waals surface area contributed by atoms with Crippen LogP contribution in [0.5, 0.6) is 0 Å². The SMILES string of the molecule is CCOC(=O)C(F)(F)Br.CCOC(=O)C(F)(F)c1cnc(Cl)nc1.Clc1ncc(I)cn1.[Cu]. The molecule has 0 aliphatic rings. The van der Waals surface area contributed by atoms with Crippen molar-refractivity contribution in [2.45, 2.75) is 24.6 Å². The van der Waals surface area contributed by atoms with Crippen molar-refractivity contribution in [2.75, 3.05) is 13.2 Å². The molecular formula is C16H14BrCl2CuF4IN4O4. The molecule has 0 N–H and O–H groups in total. The second kappa shape index (κ2) is 16.7. The standard InChI is InChI=1S/C8H7ClF2N2O2.C4H5BrF2O2.C4H2ClIN2.Cu/c1-2-15-6(14)8(10,11)5-3-12-7(9)13-4-5;1-2-9-3(8)4(5,6)7;5-4-7-1-3(6)2-8-4;/h3-4H,2H2,1H3;2H2,1H3;1-2H;. The summed E-state index contributed by atoms with van der Waals surface area (Å²) in [7, 11) is 0. The second-order valence-electron chi connectivity index (χ2n) is 4.92. The van der Waals surface area contributed by atoms with Gasteiger partial charge in [0.1, 0.15) is 0 Å². The van der Waals surface area contributed by atoms with Gasteiger partial charge in [-0.15, -0.1) is 0 Å². The number of carbonyl (C=O) groups excluding carboxylic acids is 2. The van der Waals surface area contributed by atoms with Crippen molar-refractivity contribution >= 4 is 73.7 Å². The molecule has 0 fully saturated rings. The van der Waals surface area contributed by atoms with Gasteiger partial charge in [0.15, 0.2) is 0 Å². The van der Waals surface area contributed by atoms with Gasteiger partial charge in [-0.25, -0.2) is 29.5 Å². The van der Waals surface area contributed by atoms with Gasteiger partial charge in [0.2, 0.25) is 10.6 Å². The molecule has 33 heavy (non-hydrogen) atoms. The number of rotatable bonds is 5. The first-order chi connectivity index (χ1) is 14.7. The van der Waals surface area contributed by atoms with Crippen LogP contribution in [0.1, 0.15) is 19.4 Å². The molecule has 17 heteroatoms. The van der Waals surface area contributed by atoms with Crippen molar-refractivity contribution in [3.63, 3.8) is 0 Å². The van der Waals surface area contributed by atoms with E-state index in [0.29, 0.717) is 5.28 Å².